The standard InChI is InChI=1S/C13H18N4S/c1-3-14-13-16-15-12(17(13)4-2)10-18-11-8-6-5-7-9-11/h5-9H,3-4,10H2,1-2H3,(H,14,16). The molecule has 0 fully saturated rings. The summed E-state index contributed by atoms with van der Waals surface area (Å²) in [7, 11) is 0. The molecule has 2 aromatic rings. The summed E-state index contributed by atoms with van der Waals surface area (Å²) in [4.78, 5) is 1.26. The number of rotatable bonds is 6. The van der Waals surface area contributed by atoms with Gasteiger partial charge in [-0.25, -0.2) is 0 Å². The van der Waals surface area contributed by atoms with Gasteiger partial charge in [-0.1, -0.05) is 18.2 Å². The number of thioether (sulfide) groups is 1. The number of nitrogens with one attached hydrogen (secondary N) is 1. The lowest BCUT2D eigenvalue weighted by molar-refractivity contribution is 0.729. The fraction of sp³-hybridized carbons (Fsp3) is 0.385. The second kappa shape index (κ2) is 6.44. The predicted octanol–water partition coefficient (Wildman–Crippen LogP) is 3.02. The second-order valence-corrected chi connectivity index (χ2v) is 4.86. The van der Waals surface area contributed by atoms with Crippen LogP contribution in [0, 0.1) is 0 Å². The first-order chi connectivity index (χ1) is 8.85. The monoisotopic (exact) mass is 262 g/mol. The molecule has 0 bridgehead atoms. The van der Waals surface area contributed by atoms with Gasteiger partial charge in [0.05, 0.1) is 5.75 Å². The van der Waals surface area contributed by atoms with Crippen molar-refractivity contribution in [1.29, 1.82) is 0 Å². The summed E-state index contributed by atoms with van der Waals surface area (Å²) < 4.78 is 2.12. The van der Waals surface area contributed by atoms with Crippen LogP contribution in [0.3, 0.4) is 0 Å². The third-order valence-corrected chi connectivity index (χ3v) is 3.60. The first-order valence-corrected chi connectivity index (χ1v) is 7.17. The van der Waals surface area contributed by atoms with Crippen LogP contribution in [0.25, 0.3) is 0 Å². The first-order valence-electron chi connectivity index (χ1n) is 6.19. The van der Waals surface area contributed by atoms with Crippen molar-refractivity contribution >= 4 is 17.7 Å². The zero-order valence-electron chi connectivity index (χ0n) is 10.8. The van der Waals surface area contributed by atoms with Gasteiger partial charge in [-0.2, -0.15) is 0 Å². The molecule has 1 N–H and O–H groups in total. The summed E-state index contributed by atoms with van der Waals surface area (Å²) in [6.45, 7) is 5.93. The van der Waals surface area contributed by atoms with E-state index in [0.29, 0.717) is 0 Å². The molecule has 18 heavy (non-hydrogen) atoms. The summed E-state index contributed by atoms with van der Waals surface area (Å²) in [6.07, 6.45) is 0. The first kappa shape index (κ1) is 13.0. The summed E-state index contributed by atoms with van der Waals surface area (Å²) in [5, 5.41) is 11.7. The Morgan fingerprint density at radius 2 is 1.94 bits per heavy atom. The molecule has 0 radical (unpaired) electrons. The van der Waals surface area contributed by atoms with Crippen molar-refractivity contribution in [2.75, 3.05) is 11.9 Å². The normalized spacial score (nSPS) is 10.6. The molecule has 0 amide bonds. The molecule has 0 saturated carbocycles. The largest absolute Gasteiger partial charge is 0.355 e. The van der Waals surface area contributed by atoms with Crippen molar-refractivity contribution in [3.63, 3.8) is 0 Å². The van der Waals surface area contributed by atoms with Gasteiger partial charge >= 0.3 is 0 Å². The quantitative estimate of drug-likeness (QED) is 0.813. The molecule has 2 rings (SSSR count). The lowest BCUT2D eigenvalue weighted by Gasteiger charge is -2.07. The van der Waals surface area contributed by atoms with Gasteiger partial charge < -0.3 is 5.32 Å². The highest BCUT2D eigenvalue weighted by molar-refractivity contribution is 7.98. The minimum Gasteiger partial charge on any atom is -0.355 e. The maximum absolute atomic E-state index is 4.25. The van der Waals surface area contributed by atoms with E-state index in [1.54, 1.807) is 11.8 Å². The van der Waals surface area contributed by atoms with Crippen LogP contribution < -0.4 is 5.32 Å². The molecule has 0 aliphatic heterocycles. The van der Waals surface area contributed by atoms with Crippen LogP contribution in [-0.4, -0.2) is 21.3 Å². The van der Waals surface area contributed by atoms with Crippen molar-refractivity contribution in [3.05, 3.63) is 36.2 Å². The van der Waals surface area contributed by atoms with Gasteiger partial charge in [0.15, 0.2) is 0 Å². The maximum Gasteiger partial charge on any atom is 0.224 e. The molecule has 1 heterocycles. The highest BCUT2D eigenvalue weighted by Gasteiger charge is 2.09. The Morgan fingerprint density at radius 1 is 1.17 bits per heavy atom. The number of aromatic nitrogens is 3. The lowest BCUT2D eigenvalue weighted by atomic mass is 10.4. The van der Waals surface area contributed by atoms with Crippen molar-refractivity contribution in [1.82, 2.24) is 14.8 Å². The average molecular weight is 262 g/mol. The molecule has 96 valence electrons. The summed E-state index contributed by atoms with van der Waals surface area (Å²) in [5.41, 5.74) is 0. The third kappa shape index (κ3) is 3.04. The van der Waals surface area contributed by atoms with Gasteiger partial charge in [-0.15, -0.1) is 22.0 Å². The van der Waals surface area contributed by atoms with E-state index in [1.165, 1.54) is 4.90 Å². The Bertz CT molecular complexity index is 481. The second-order valence-electron chi connectivity index (χ2n) is 3.82. The van der Waals surface area contributed by atoms with E-state index < -0.39 is 0 Å². The fourth-order valence-electron chi connectivity index (χ4n) is 1.73. The number of benzene rings is 1. The van der Waals surface area contributed by atoms with Gasteiger partial charge in [-0.3, -0.25) is 4.57 Å². The van der Waals surface area contributed by atoms with E-state index in [9.17, 15) is 0 Å². The van der Waals surface area contributed by atoms with Crippen LogP contribution in [0.4, 0.5) is 5.95 Å². The molecule has 1 aromatic carbocycles. The average Bonchev–Trinajstić information content (AvgIpc) is 2.80. The summed E-state index contributed by atoms with van der Waals surface area (Å²) in [5.74, 6) is 2.72. The molecular formula is C13H18N4S. The minimum absolute atomic E-state index is 0.843. The van der Waals surface area contributed by atoms with Crippen molar-refractivity contribution < 1.29 is 0 Å². The van der Waals surface area contributed by atoms with Crippen LogP contribution in [-0.2, 0) is 12.3 Å². The molecule has 0 spiro atoms. The molecular weight excluding hydrogens is 244 g/mol. The minimum atomic E-state index is 0.843. The zero-order valence-corrected chi connectivity index (χ0v) is 11.6. The van der Waals surface area contributed by atoms with Gasteiger partial charge in [0, 0.05) is 18.0 Å². The van der Waals surface area contributed by atoms with Crippen molar-refractivity contribution in [2.45, 2.75) is 31.0 Å². The van der Waals surface area contributed by atoms with E-state index >= 15 is 0 Å². The molecule has 0 aliphatic carbocycles. The topological polar surface area (TPSA) is 42.7 Å². The third-order valence-electron chi connectivity index (χ3n) is 2.59. The molecule has 4 nitrogen and oxygen atoms in total. The zero-order chi connectivity index (χ0) is 12.8. The molecule has 0 atom stereocenters. The van der Waals surface area contributed by atoms with Crippen LogP contribution in [0.2, 0.25) is 0 Å². The van der Waals surface area contributed by atoms with E-state index in [1.807, 2.05) is 6.07 Å². The van der Waals surface area contributed by atoms with Crippen LogP contribution >= 0.6 is 11.8 Å². The Balaban J connectivity index is 2.05. The molecule has 0 aliphatic rings. The van der Waals surface area contributed by atoms with Gasteiger partial charge in [0.2, 0.25) is 5.95 Å². The van der Waals surface area contributed by atoms with Gasteiger partial charge in [-0.05, 0) is 26.0 Å². The molecule has 5 heteroatoms. The smallest absolute Gasteiger partial charge is 0.224 e. The summed E-state index contributed by atoms with van der Waals surface area (Å²) >= 11 is 1.78. The van der Waals surface area contributed by atoms with Crippen LogP contribution in [0.5, 0.6) is 0 Å². The number of nitrogens with zero attached hydrogens (tertiary/aromatic N) is 3. The number of anilines is 1. The molecule has 1 aromatic heterocycles. The van der Waals surface area contributed by atoms with E-state index in [2.05, 4.69) is 58.2 Å². The lowest BCUT2D eigenvalue weighted by Crippen LogP contribution is -2.08. The SMILES string of the molecule is CCNc1nnc(CSc2ccccc2)n1CC. The van der Waals surface area contributed by atoms with E-state index in [-0.39, 0.29) is 0 Å². The highest BCUT2D eigenvalue weighted by atomic mass is 32.2. The van der Waals surface area contributed by atoms with Crippen molar-refractivity contribution in [3.8, 4) is 0 Å². The highest BCUT2D eigenvalue weighted by Crippen LogP contribution is 2.22. The van der Waals surface area contributed by atoms with E-state index in [4.69, 9.17) is 0 Å². The maximum atomic E-state index is 4.25. The van der Waals surface area contributed by atoms with Gasteiger partial charge in [0.1, 0.15) is 5.82 Å². The predicted molar refractivity (Wildman–Crippen MR) is 75.9 cm³/mol. The fourth-order valence-corrected chi connectivity index (χ4v) is 2.59. The van der Waals surface area contributed by atoms with E-state index in [0.717, 1.165) is 30.6 Å². The molecule has 0 unspecified atom stereocenters. The number of hydrogen-bond donors (Lipinski definition) is 1. The Kier molecular flexibility index (Phi) is 4.64. The van der Waals surface area contributed by atoms with Crippen LogP contribution in [0.1, 0.15) is 19.7 Å². The van der Waals surface area contributed by atoms with Gasteiger partial charge in [0.25, 0.3) is 0 Å². The molecule has 0 saturated heterocycles. The Hall–Kier alpha value is -1.49. The Morgan fingerprint density at radius 3 is 2.61 bits per heavy atom. The summed E-state index contributed by atoms with van der Waals surface area (Å²) in [6, 6.07) is 10.4. The Labute approximate surface area is 112 Å². The number of hydrogen-bond acceptors (Lipinski definition) is 4. The van der Waals surface area contributed by atoms with Crippen molar-refractivity contribution in [2.24, 2.45) is 0 Å². The van der Waals surface area contributed by atoms with Crippen LogP contribution in [0.15, 0.2) is 35.2 Å².